The molecule has 0 aliphatic heterocycles. The van der Waals surface area contributed by atoms with Crippen LogP contribution in [0.25, 0.3) is 0 Å². The highest BCUT2D eigenvalue weighted by Gasteiger charge is 2.00. The molecule has 0 unspecified atom stereocenters. The van der Waals surface area contributed by atoms with Gasteiger partial charge in [-0.05, 0) is 31.2 Å². The van der Waals surface area contributed by atoms with Crippen LogP contribution in [0, 0.1) is 18.8 Å². The fourth-order valence-corrected chi connectivity index (χ4v) is 2.65. The Morgan fingerprint density at radius 2 is 1.82 bits per heavy atom. The number of amides is 1. The molecule has 3 heteroatoms. The summed E-state index contributed by atoms with van der Waals surface area (Å²) in [5.74, 6) is 6.80. The van der Waals surface area contributed by atoms with E-state index in [9.17, 15) is 4.79 Å². The van der Waals surface area contributed by atoms with Crippen LogP contribution >= 0.6 is 11.8 Å². The van der Waals surface area contributed by atoms with E-state index in [1.165, 1.54) is 10.5 Å². The number of rotatable bonds is 5. The average molecular weight is 309 g/mol. The number of carbonyl (C=O) groups excluding carboxylic acids is 1. The van der Waals surface area contributed by atoms with E-state index >= 15 is 0 Å². The summed E-state index contributed by atoms with van der Waals surface area (Å²) in [5.41, 5.74) is 2.21. The first-order valence-electron chi connectivity index (χ1n) is 7.24. The second-order valence-electron chi connectivity index (χ2n) is 4.86. The van der Waals surface area contributed by atoms with Gasteiger partial charge in [-0.1, -0.05) is 47.7 Å². The van der Waals surface area contributed by atoms with E-state index in [1.807, 2.05) is 30.3 Å². The fraction of sp³-hybridized carbons (Fsp3) is 0.211. The van der Waals surface area contributed by atoms with Gasteiger partial charge < -0.3 is 5.32 Å². The van der Waals surface area contributed by atoms with Gasteiger partial charge >= 0.3 is 0 Å². The zero-order chi connectivity index (χ0) is 15.6. The van der Waals surface area contributed by atoms with Gasteiger partial charge in [-0.15, -0.1) is 11.8 Å². The minimum atomic E-state index is 0.0435. The third-order valence-electron chi connectivity index (χ3n) is 3.00. The number of nitrogens with one attached hydrogen (secondary N) is 1. The lowest BCUT2D eigenvalue weighted by molar-refractivity contribution is -0.120. The van der Waals surface area contributed by atoms with Crippen molar-refractivity contribution >= 4 is 17.7 Å². The van der Waals surface area contributed by atoms with Crippen LogP contribution in [0.4, 0.5) is 0 Å². The summed E-state index contributed by atoms with van der Waals surface area (Å²) in [6, 6.07) is 18.1. The summed E-state index contributed by atoms with van der Waals surface area (Å²) in [6.07, 6.45) is 0.506. The largest absolute Gasteiger partial charge is 0.345 e. The molecule has 22 heavy (non-hydrogen) atoms. The van der Waals surface area contributed by atoms with E-state index in [0.717, 1.165) is 11.3 Å². The number of thioether (sulfide) groups is 1. The third-order valence-corrected chi connectivity index (χ3v) is 4.01. The molecule has 0 bridgehead atoms. The van der Waals surface area contributed by atoms with Crippen molar-refractivity contribution in [3.63, 3.8) is 0 Å². The van der Waals surface area contributed by atoms with Gasteiger partial charge in [0.05, 0.1) is 6.54 Å². The van der Waals surface area contributed by atoms with Crippen LogP contribution in [0.1, 0.15) is 17.5 Å². The van der Waals surface area contributed by atoms with Gasteiger partial charge in [0.1, 0.15) is 0 Å². The summed E-state index contributed by atoms with van der Waals surface area (Å²) < 4.78 is 0. The van der Waals surface area contributed by atoms with Crippen molar-refractivity contribution in [2.45, 2.75) is 18.2 Å². The molecule has 2 rings (SSSR count). The van der Waals surface area contributed by atoms with E-state index in [0.29, 0.717) is 13.0 Å². The minimum absolute atomic E-state index is 0.0435. The molecule has 0 fully saturated rings. The smallest absolute Gasteiger partial charge is 0.221 e. The Kier molecular flexibility index (Phi) is 6.60. The maximum atomic E-state index is 11.7. The van der Waals surface area contributed by atoms with E-state index in [2.05, 4.69) is 48.3 Å². The minimum Gasteiger partial charge on any atom is -0.345 e. The van der Waals surface area contributed by atoms with Crippen molar-refractivity contribution in [3.05, 3.63) is 65.7 Å². The van der Waals surface area contributed by atoms with Crippen molar-refractivity contribution < 1.29 is 4.79 Å². The van der Waals surface area contributed by atoms with Crippen molar-refractivity contribution in [1.82, 2.24) is 5.32 Å². The molecule has 0 saturated carbocycles. The summed E-state index contributed by atoms with van der Waals surface area (Å²) >= 11 is 1.70. The van der Waals surface area contributed by atoms with Gasteiger partial charge in [0.15, 0.2) is 0 Å². The molecule has 112 valence electrons. The SMILES string of the molecule is Cc1ccc(SCCC(=O)NCC#Cc2ccccc2)cc1. The molecule has 0 aromatic heterocycles. The molecule has 0 heterocycles. The molecule has 1 N–H and O–H groups in total. The summed E-state index contributed by atoms with van der Waals surface area (Å²) in [6.45, 7) is 2.46. The standard InChI is InChI=1S/C19H19NOS/c1-16-9-11-18(12-10-16)22-15-13-19(21)20-14-5-8-17-6-3-2-4-7-17/h2-4,6-7,9-12H,13-15H2,1H3,(H,20,21). The normalized spacial score (nSPS) is 9.68. The zero-order valence-corrected chi connectivity index (χ0v) is 13.5. The number of benzene rings is 2. The highest BCUT2D eigenvalue weighted by molar-refractivity contribution is 7.99. The van der Waals surface area contributed by atoms with Crippen LogP contribution < -0.4 is 5.32 Å². The first-order chi connectivity index (χ1) is 10.7. The lowest BCUT2D eigenvalue weighted by Gasteiger charge is -2.02. The first-order valence-corrected chi connectivity index (χ1v) is 8.23. The van der Waals surface area contributed by atoms with Gasteiger partial charge in [0.25, 0.3) is 0 Å². The second-order valence-corrected chi connectivity index (χ2v) is 6.02. The Morgan fingerprint density at radius 1 is 1.09 bits per heavy atom. The van der Waals surface area contributed by atoms with Crippen molar-refractivity contribution in [3.8, 4) is 11.8 Å². The lowest BCUT2D eigenvalue weighted by atomic mass is 10.2. The Hall–Kier alpha value is -2.18. The van der Waals surface area contributed by atoms with Crippen LogP contribution in [0.2, 0.25) is 0 Å². The van der Waals surface area contributed by atoms with E-state index in [-0.39, 0.29) is 5.91 Å². The maximum absolute atomic E-state index is 11.7. The molecule has 0 spiro atoms. The topological polar surface area (TPSA) is 29.1 Å². The molecule has 1 amide bonds. The second kappa shape index (κ2) is 8.96. The van der Waals surface area contributed by atoms with Crippen molar-refractivity contribution in [2.75, 3.05) is 12.3 Å². The monoisotopic (exact) mass is 309 g/mol. The summed E-state index contributed by atoms with van der Waals surface area (Å²) in [5, 5.41) is 2.82. The Labute approximate surface area is 136 Å². The highest BCUT2D eigenvalue weighted by Crippen LogP contribution is 2.18. The Bertz CT molecular complexity index is 653. The molecular formula is C19H19NOS. The van der Waals surface area contributed by atoms with Crippen LogP contribution in [0.15, 0.2) is 59.5 Å². The highest BCUT2D eigenvalue weighted by atomic mass is 32.2. The van der Waals surface area contributed by atoms with Crippen LogP contribution in [0.3, 0.4) is 0 Å². The van der Waals surface area contributed by atoms with E-state index in [1.54, 1.807) is 11.8 Å². The lowest BCUT2D eigenvalue weighted by Crippen LogP contribution is -2.23. The molecule has 0 aliphatic rings. The number of hydrogen-bond donors (Lipinski definition) is 1. The third kappa shape index (κ3) is 6.07. The van der Waals surface area contributed by atoms with Crippen LogP contribution in [-0.4, -0.2) is 18.2 Å². The van der Waals surface area contributed by atoms with Gasteiger partial charge in [-0.25, -0.2) is 0 Å². The quantitative estimate of drug-likeness (QED) is 0.675. The van der Waals surface area contributed by atoms with Gasteiger partial charge in [0.2, 0.25) is 5.91 Å². The number of hydrogen-bond acceptors (Lipinski definition) is 2. The van der Waals surface area contributed by atoms with Crippen molar-refractivity contribution in [2.24, 2.45) is 0 Å². The van der Waals surface area contributed by atoms with E-state index in [4.69, 9.17) is 0 Å². The number of aryl methyl sites for hydroxylation is 1. The molecule has 2 nitrogen and oxygen atoms in total. The molecular weight excluding hydrogens is 290 g/mol. The fourth-order valence-electron chi connectivity index (χ4n) is 1.79. The summed E-state index contributed by atoms with van der Waals surface area (Å²) in [7, 11) is 0. The Balaban J connectivity index is 1.64. The predicted molar refractivity (Wildman–Crippen MR) is 92.8 cm³/mol. The van der Waals surface area contributed by atoms with Gasteiger partial charge in [-0.2, -0.15) is 0 Å². The molecule has 2 aromatic rings. The predicted octanol–water partition coefficient (Wildman–Crippen LogP) is 3.65. The summed E-state index contributed by atoms with van der Waals surface area (Å²) in [4.78, 5) is 12.9. The number of carbonyl (C=O) groups is 1. The van der Waals surface area contributed by atoms with Gasteiger partial charge in [0, 0.05) is 22.6 Å². The molecule has 2 aromatic carbocycles. The van der Waals surface area contributed by atoms with Gasteiger partial charge in [-0.3, -0.25) is 4.79 Å². The molecule has 0 saturated heterocycles. The molecule has 0 aliphatic carbocycles. The molecule has 0 atom stereocenters. The van der Waals surface area contributed by atoms with E-state index < -0.39 is 0 Å². The molecule has 0 radical (unpaired) electrons. The van der Waals surface area contributed by atoms with Crippen molar-refractivity contribution in [1.29, 1.82) is 0 Å². The first kappa shape index (κ1) is 16.2. The Morgan fingerprint density at radius 3 is 2.55 bits per heavy atom. The maximum Gasteiger partial charge on any atom is 0.221 e. The average Bonchev–Trinajstić information content (AvgIpc) is 2.54. The van der Waals surface area contributed by atoms with Crippen LogP contribution in [-0.2, 0) is 4.79 Å². The van der Waals surface area contributed by atoms with Crippen LogP contribution in [0.5, 0.6) is 0 Å². The zero-order valence-electron chi connectivity index (χ0n) is 12.6.